The number of nitrogens with one attached hydrogen (secondary N) is 1. The van der Waals surface area contributed by atoms with Gasteiger partial charge in [-0.25, -0.2) is 8.42 Å². The number of amides is 2. The number of sulfonamides is 1. The highest BCUT2D eigenvalue weighted by Gasteiger charge is 2.29. The van der Waals surface area contributed by atoms with Crippen LogP contribution in [0.2, 0.25) is 0 Å². The first-order valence-electron chi connectivity index (χ1n) is 12.9. The van der Waals surface area contributed by atoms with Crippen LogP contribution in [0.25, 0.3) is 0 Å². The maximum absolute atomic E-state index is 13.6. The molecule has 1 atom stereocenters. The molecule has 0 spiro atoms. The van der Waals surface area contributed by atoms with Crippen LogP contribution in [0.1, 0.15) is 23.6 Å². The van der Waals surface area contributed by atoms with Crippen LogP contribution in [0.15, 0.2) is 78.9 Å². The van der Waals surface area contributed by atoms with Crippen LogP contribution in [0.5, 0.6) is 11.5 Å². The number of rotatable bonds is 14. The number of hydrogen-bond acceptors (Lipinski definition) is 6. The summed E-state index contributed by atoms with van der Waals surface area (Å²) in [5, 5.41) is 2.90. The molecule has 3 aromatic carbocycles. The Labute approximate surface area is 236 Å². The van der Waals surface area contributed by atoms with Crippen molar-refractivity contribution in [2.24, 2.45) is 0 Å². The zero-order valence-corrected chi connectivity index (χ0v) is 24.2. The van der Waals surface area contributed by atoms with Gasteiger partial charge in [-0.1, -0.05) is 66.7 Å². The molecule has 0 saturated carbocycles. The Morgan fingerprint density at radius 2 is 1.40 bits per heavy atom. The number of ether oxygens (including phenoxy) is 2. The molecule has 0 heterocycles. The second kappa shape index (κ2) is 14.5. The van der Waals surface area contributed by atoms with Gasteiger partial charge < -0.3 is 19.7 Å². The van der Waals surface area contributed by atoms with E-state index >= 15 is 0 Å². The van der Waals surface area contributed by atoms with E-state index in [0.717, 1.165) is 27.3 Å². The summed E-state index contributed by atoms with van der Waals surface area (Å²) in [4.78, 5) is 28.2. The highest BCUT2D eigenvalue weighted by atomic mass is 32.2. The molecule has 9 nitrogen and oxygen atoms in total. The molecule has 0 aliphatic heterocycles. The molecule has 0 fully saturated rings. The molecule has 0 unspecified atom stereocenters. The number of methoxy groups -OCH3 is 2. The minimum absolute atomic E-state index is 0.0521. The fraction of sp³-hybridized carbons (Fsp3) is 0.333. The van der Waals surface area contributed by atoms with E-state index < -0.39 is 22.0 Å². The maximum atomic E-state index is 13.6. The molecular weight excluding hydrogens is 530 g/mol. The monoisotopic (exact) mass is 567 g/mol. The van der Waals surface area contributed by atoms with Crippen LogP contribution in [0, 0.1) is 0 Å². The predicted molar refractivity (Wildman–Crippen MR) is 154 cm³/mol. The van der Waals surface area contributed by atoms with Gasteiger partial charge in [-0.3, -0.25) is 9.59 Å². The van der Waals surface area contributed by atoms with Crippen molar-refractivity contribution in [2.45, 2.75) is 32.5 Å². The molecule has 40 heavy (non-hydrogen) atoms. The third kappa shape index (κ3) is 8.82. The van der Waals surface area contributed by atoms with E-state index in [1.165, 1.54) is 4.90 Å². The van der Waals surface area contributed by atoms with Gasteiger partial charge in [0.2, 0.25) is 21.8 Å². The van der Waals surface area contributed by atoms with Crippen molar-refractivity contribution in [3.63, 3.8) is 0 Å². The zero-order chi connectivity index (χ0) is 29.1. The zero-order valence-electron chi connectivity index (χ0n) is 23.4. The predicted octanol–water partition coefficient (Wildman–Crippen LogP) is 3.24. The van der Waals surface area contributed by atoms with Crippen molar-refractivity contribution >= 4 is 21.8 Å². The van der Waals surface area contributed by atoms with E-state index in [-0.39, 0.29) is 25.5 Å². The van der Waals surface area contributed by atoms with Crippen molar-refractivity contribution in [1.29, 1.82) is 0 Å². The lowest BCUT2D eigenvalue weighted by Crippen LogP contribution is -2.51. The molecule has 3 aromatic rings. The lowest BCUT2D eigenvalue weighted by molar-refractivity contribution is -0.140. The third-order valence-electron chi connectivity index (χ3n) is 6.51. The fourth-order valence-corrected chi connectivity index (χ4v) is 4.92. The Morgan fingerprint density at radius 1 is 0.825 bits per heavy atom. The molecule has 0 radical (unpaired) electrons. The van der Waals surface area contributed by atoms with Crippen molar-refractivity contribution in [3.05, 3.63) is 95.6 Å². The Balaban J connectivity index is 1.73. The van der Waals surface area contributed by atoms with Crippen LogP contribution in [-0.4, -0.2) is 69.0 Å². The van der Waals surface area contributed by atoms with E-state index in [9.17, 15) is 18.0 Å². The van der Waals surface area contributed by atoms with Gasteiger partial charge in [-0.15, -0.1) is 0 Å². The molecule has 0 saturated heterocycles. The summed E-state index contributed by atoms with van der Waals surface area (Å²) in [5.74, 6) is 0.422. The van der Waals surface area contributed by atoms with Gasteiger partial charge >= 0.3 is 0 Å². The van der Waals surface area contributed by atoms with Crippen LogP contribution in [0.4, 0.5) is 0 Å². The number of benzene rings is 3. The van der Waals surface area contributed by atoms with Gasteiger partial charge in [0, 0.05) is 19.6 Å². The van der Waals surface area contributed by atoms with Crippen molar-refractivity contribution in [1.82, 2.24) is 14.5 Å². The molecule has 1 N–H and O–H groups in total. The van der Waals surface area contributed by atoms with Crippen molar-refractivity contribution < 1.29 is 27.5 Å². The number of hydrogen-bond donors (Lipinski definition) is 1. The van der Waals surface area contributed by atoms with Gasteiger partial charge in [-0.2, -0.15) is 4.31 Å². The molecule has 3 rings (SSSR count). The fourth-order valence-electron chi connectivity index (χ4n) is 4.20. The average Bonchev–Trinajstić information content (AvgIpc) is 2.95. The van der Waals surface area contributed by atoms with E-state index in [2.05, 4.69) is 5.32 Å². The molecule has 214 valence electrons. The second-order valence-corrected chi connectivity index (χ2v) is 11.4. The highest BCUT2D eigenvalue weighted by molar-refractivity contribution is 7.88. The lowest BCUT2D eigenvalue weighted by Gasteiger charge is -2.31. The second-order valence-electron chi connectivity index (χ2n) is 9.43. The number of carbonyl (C=O) groups excluding carboxylic acids is 2. The summed E-state index contributed by atoms with van der Waals surface area (Å²) in [7, 11) is -0.568. The molecular formula is C30H37N3O6S. The standard InChI is InChI=1S/C30H37N3O6S/c1-23(30(35)31-18-17-24-15-16-27(38-2)28(19-24)39-3)33(21-26-13-9-6-10-14-26)29(34)22-32(40(4,36)37)20-25-11-7-5-8-12-25/h5-16,19,23H,17-18,20-22H2,1-4H3,(H,31,35)/t23-/m0/s1. The maximum Gasteiger partial charge on any atom is 0.242 e. The first kappa shape index (κ1) is 30.6. The normalized spacial score (nSPS) is 12.0. The lowest BCUT2D eigenvalue weighted by atomic mass is 10.1. The first-order valence-corrected chi connectivity index (χ1v) is 14.8. The smallest absolute Gasteiger partial charge is 0.242 e. The number of nitrogens with zero attached hydrogens (tertiary/aromatic N) is 2. The summed E-state index contributed by atoms with van der Waals surface area (Å²) >= 11 is 0. The van der Waals surface area contributed by atoms with Crippen LogP contribution >= 0.6 is 0 Å². The summed E-state index contributed by atoms with van der Waals surface area (Å²) in [6.45, 7) is 1.82. The van der Waals surface area contributed by atoms with Gasteiger partial charge in [-0.05, 0) is 42.2 Å². The Morgan fingerprint density at radius 3 is 1.95 bits per heavy atom. The van der Waals surface area contributed by atoms with Gasteiger partial charge in [0.25, 0.3) is 0 Å². The quantitative estimate of drug-likeness (QED) is 0.321. The minimum atomic E-state index is -3.70. The van der Waals surface area contributed by atoms with E-state index in [4.69, 9.17) is 9.47 Å². The molecule has 0 aromatic heterocycles. The van der Waals surface area contributed by atoms with Crippen molar-refractivity contribution in [3.8, 4) is 11.5 Å². The van der Waals surface area contributed by atoms with Crippen molar-refractivity contribution in [2.75, 3.05) is 33.6 Å². The third-order valence-corrected chi connectivity index (χ3v) is 7.70. The summed E-state index contributed by atoms with van der Waals surface area (Å²) in [6, 6.07) is 23.1. The molecule has 2 amide bonds. The minimum Gasteiger partial charge on any atom is -0.493 e. The molecule has 0 aliphatic rings. The Kier molecular flexibility index (Phi) is 11.1. The highest BCUT2D eigenvalue weighted by Crippen LogP contribution is 2.27. The Bertz CT molecular complexity index is 1370. The van der Waals surface area contributed by atoms with Crippen LogP contribution < -0.4 is 14.8 Å². The SMILES string of the molecule is COc1ccc(CCNC(=O)[C@H](C)N(Cc2ccccc2)C(=O)CN(Cc2ccccc2)S(C)(=O)=O)cc1OC. The van der Waals surface area contributed by atoms with Gasteiger partial charge in [0.1, 0.15) is 6.04 Å². The summed E-state index contributed by atoms with van der Waals surface area (Å²) in [6.07, 6.45) is 1.62. The number of carbonyl (C=O) groups is 2. The molecule has 0 aliphatic carbocycles. The first-order chi connectivity index (χ1) is 19.1. The van der Waals surface area contributed by atoms with E-state index in [1.807, 2.05) is 66.7 Å². The van der Waals surface area contributed by atoms with Crippen LogP contribution in [0.3, 0.4) is 0 Å². The molecule has 10 heteroatoms. The van der Waals surface area contributed by atoms with Gasteiger partial charge in [0.15, 0.2) is 11.5 Å². The van der Waals surface area contributed by atoms with E-state index in [0.29, 0.717) is 24.5 Å². The summed E-state index contributed by atoms with van der Waals surface area (Å²) in [5.41, 5.74) is 2.54. The van der Waals surface area contributed by atoms with Gasteiger partial charge in [0.05, 0.1) is 27.0 Å². The van der Waals surface area contributed by atoms with Crippen LogP contribution in [-0.2, 0) is 39.1 Å². The topological polar surface area (TPSA) is 105 Å². The molecule has 0 bridgehead atoms. The average molecular weight is 568 g/mol. The largest absolute Gasteiger partial charge is 0.493 e. The summed E-state index contributed by atoms with van der Waals surface area (Å²) < 4.78 is 36.9. The van der Waals surface area contributed by atoms with E-state index in [1.54, 1.807) is 33.3 Å². The Hall–Kier alpha value is -3.89.